The van der Waals surface area contributed by atoms with E-state index in [1.165, 1.54) is 0 Å². The first kappa shape index (κ1) is 11.5. The minimum atomic E-state index is -0.770. The van der Waals surface area contributed by atoms with Crippen molar-refractivity contribution in [1.82, 2.24) is 0 Å². The van der Waals surface area contributed by atoms with Crippen molar-refractivity contribution < 1.29 is 9.90 Å². The summed E-state index contributed by atoms with van der Waals surface area (Å²) in [5.41, 5.74) is 6.47. The van der Waals surface area contributed by atoms with Crippen LogP contribution in [0, 0.1) is 0 Å². The summed E-state index contributed by atoms with van der Waals surface area (Å²) in [6.45, 7) is 0. The zero-order valence-corrected chi connectivity index (χ0v) is 10.5. The minimum Gasteiger partial charge on any atom is -0.481 e. The highest BCUT2D eigenvalue weighted by molar-refractivity contribution is 9.10. The Bertz CT molecular complexity index is 425. The molecule has 0 spiro atoms. The standard InChI is InChI=1S/C12H14BrNO2/c13-8-3-4-10(14)9(7-8)12(11(15)16)5-1-2-6-12/h3-4,7H,1-2,5-6,14H2,(H,15,16). The molecule has 1 aromatic rings. The van der Waals surface area contributed by atoms with Gasteiger partial charge in [-0.15, -0.1) is 0 Å². The minimum absolute atomic E-state index is 0.576. The smallest absolute Gasteiger partial charge is 0.314 e. The molecule has 1 fully saturated rings. The molecule has 1 aromatic carbocycles. The van der Waals surface area contributed by atoms with Gasteiger partial charge in [-0.3, -0.25) is 4.79 Å². The lowest BCUT2D eigenvalue weighted by atomic mass is 9.78. The molecule has 0 atom stereocenters. The van der Waals surface area contributed by atoms with E-state index >= 15 is 0 Å². The lowest BCUT2D eigenvalue weighted by molar-refractivity contribution is -0.143. The van der Waals surface area contributed by atoms with Crippen molar-refractivity contribution in [1.29, 1.82) is 0 Å². The molecule has 0 saturated heterocycles. The van der Waals surface area contributed by atoms with Crippen LogP contribution in [0.25, 0.3) is 0 Å². The van der Waals surface area contributed by atoms with Crippen molar-refractivity contribution in [2.24, 2.45) is 0 Å². The van der Waals surface area contributed by atoms with Crippen LogP contribution < -0.4 is 5.73 Å². The summed E-state index contributed by atoms with van der Waals surface area (Å²) in [5.74, 6) is -0.755. The molecule has 0 aliphatic heterocycles. The number of halogens is 1. The third-order valence-electron chi connectivity index (χ3n) is 3.40. The number of benzene rings is 1. The first-order valence-electron chi connectivity index (χ1n) is 5.35. The van der Waals surface area contributed by atoms with Gasteiger partial charge in [-0.05, 0) is 36.6 Å². The van der Waals surface area contributed by atoms with Crippen LogP contribution in [0.15, 0.2) is 22.7 Å². The van der Waals surface area contributed by atoms with Gasteiger partial charge in [0.1, 0.15) is 0 Å². The Morgan fingerprint density at radius 2 is 2.00 bits per heavy atom. The number of hydrogen-bond acceptors (Lipinski definition) is 2. The van der Waals surface area contributed by atoms with Gasteiger partial charge < -0.3 is 10.8 Å². The third-order valence-corrected chi connectivity index (χ3v) is 3.89. The van der Waals surface area contributed by atoms with Crippen LogP contribution >= 0.6 is 15.9 Å². The maximum absolute atomic E-state index is 11.5. The van der Waals surface area contributed by atoms with E-state index in [0.717, 1.165) is 22.9 Å². The molecule has 86 valence electrons. The number of rotatable bonds is 2. The first-order chi connectivity index (χ1) is 7.56. The monoisotopic (exact) mass is 283 g/mol. The van der Waals surface area contributed by atoms with E-state index in [-0.39, 0.29) is 0 Å². The van der Waals surface area contributed by atoms with Crippen LogP contribution in [0.5, 0.6) is 0 Å². The molecule has 0 amide bonds. The molecule has 0 unspecified atom stereocenters. The fourth-order valence-electron chi connectivity index (χ4n) is 2.52. The summed E-state index contributed by atoms with van der Waals surface area (Å²) in [6.07, 6.45) is 3.28. The third kappa shape index (κ3) is 1.71. The Morgan fingerprint density at radius 1 is 1.38 bits per heavy atom. The van der Waals surface area contributed by atoms with Crippen LogP contribution in [-0.2, 0) is 10.2 Å². The van der Waals surface area contributed by atoms with Crippen LogP contribution in [0.3, 0.4) is 0 Å². The summed E-state index contributed by atoms with van der Waals surface area (Å²) >= 11 is 3.37. The molecule has 2 rings (SSSR count). The number of nitrogen functional groups attached to an aromatic ring is 1. The van der Waals surface area contributed by atoms with Gasteiger partial charge in [0.05, 0.1) is 5.41 Å². The number of carboxylic acid groups (broad SMARTS) is 1. The summed E-state index contributed by atoms with van der Waals surface area (Å²) < 4.78 is 0.879. The van der Waals surface area contributed by atoms with E-state index in [1.54, 1.807) is 6.07 Å². The van der Waals surface area contributed by atoms with Crippen molar-refractivity contribution >= 4 is 27.6 Å². The van der Waals surface area contributed by atoms with Crippen LogP contribution in [0.2, 0.25) is 0 Å². The second kappa shape index (κ2) is 4.09. The maximum Gasteiger partial charge on any atom is 0.314 e. The van der Waals surface area contributed by atoms with Gasteiger partial charge in [0.2, 0.25) is 0 Å². The Hall–Kier alpha value is -1.03. The predicted octanol–water partition coefficient (Wildman–Crippen LogP) is 2.93. The molecule has 3 nitrogen and oxygen atoms in total. The molecular weight excluding hydrogens is 270 g/mol. The van der Waals surface area contributed by atoms with Gasteiger partial charge in [0.25, 0.3) is 0 Å². The second-order valence-corrected chi connectivity index (χ2v) is 5.24. The van der Waals surface area contributed by atoms with Gasteiger partial charge in [-0.1, -0.05) is 28.8 Å². The molecule has 4 heteroatoms. The van der Waals surface area contributed by atoms with Gasteiger partial charge >= 0.3 is 5.97 Å². The number of carbonyl (C=O) groups is 1. The number of nitrogens with two attached hydrogens (primary N) is 1. The average Bonchev–Trinajstić information content (AvgIpc) is 2.71. The van der Waals surface area contributed by atoms with Crippen molar-refractivity contribution in [2.45, 2.75) is 31.1 Å². The maximum atomic E-state index is 11.5. The topological polar surface area (TPSA) is 63.3 Å². The summed E-state index contributed by atoms with van der Waals surface area (Å²) in [4.78, 5) is 11.5. The molecule has 1 saturated carbocycles. The molecule has 0 bridgehead atoms. The van der Waals surface area contributed by atoms with Gasteiger partial charge in [-0.2, -0.15) is 0 Å². The lowest BCUT2D eigenvalue weighted by Crippen LogP contribution is -2.33. The van der Waals surface area contributed by atoms with E-state index in [4.69, 9.17) is 5.73 Å². The molecule has 1 aliphatic rings. The highest BCUT2D eigenvalue weighted by Gasteiger charge is 2.44. The second-order valence-electron chi connectivity index (χ2n) is 4.33. The largest absolute Gasteiger partial charge is 0.481 e. The number of aliphatic carboxylic acids is 1. The quantitative estimate of drug-likeness (QED) is 0.821. The Balaban J connectivity index is 2.55. The molecule has 0 heterocycles. The SMILES string of the molecule is Nc1ccc(Br)cc1C1(C(=O)O)CCCC1. The highest BCUT2D eigenvalue weighted by atomic mass is 79.9. The van der Waals surface area contributed by atoms with Gasteiger partial charge in [-0.25, -0.2) is 0 Å². The molecule has 0 radical (unpaired) electrons. The van der Waals surface area contributed by atoms with Crippen molar-refractivity contribution in [3.63, 3.8) is 0 Å². The van der Waals surface area contributed by atoms with Crippen LogP contribution in [-0.4, -0.2) is 11.1 Å². The Kier molecular flexibility index (Phi) is 2.93. The zero-order chi connectivity index (χ0) is 11.8. The normalized spacial score (nSPS) is 18.6. The van der Waals surface area contributed by atoms with E-state index in [2.05, 4.69) is 15.9 Å². The van der Waals surface area contributed by atoms with Crippen LogP contribution in [0.1, 0.15) is 31.2 Å². The highest BCUT2D eigenvalue weighted by Crippen LogP contribution is 2.44. The van der Waals surface area contributed by atoms with Crippen LogP contribution in [0.4, 0.5) is 5.69 Å². The Morgan fingerprint density at radius 3 is 2.56 bits per heavy atom. The van der Waals surface area contributed by atoms with E-state index in [9.17, 15) is 9.90 Å². The first-order valence-corrected chi connectivity index (χ1v) is 6.14. The number of hydrogen-bond donors (Lipinski definition) is 2. The molecule has 0 aromatic heterocycles. The van der Waals surface area contributed by atoms with Gasteiger partial charge in [0.15, 0.2) is 0 Å². The summed E-state index contributed by atoms with van der Waals surface area (Å²) in [6, 6.07) is 5.44. The predicted molar refractivity (Wildman–Crippen MR) is 66.3 cm³/mol. The van der Waals surface area contributed by atoms with E-state index < -0.39 is 11.4 Å². The van der Waals surface area contributed by atoms with Crippen molar-refractivity contribution in [3.05, 3.63) is 28.2 Å². The van der Waals surface area contributed by atoms with E-state index in [1.807, 2.05) is 12.1 Å². The Labute approximate surface area is 103 Å². The van der Waals surface area contributed by atoms with Crippen molar-refractivity contribution in [2.75, 3.05) is 5.73 Å². The zero-order valence-electron chi connectivity index (χ0n) is 8.87. The summed E-state index contributed by atoms with van der Waals surface area (Å²) in [5, 5.41) is 9.46. The fraction of sp³-hybridized carbons (Fsp3) is 0.417. The fourth-order valence-corrected chi connectivity index (χ4v) is 2.88. The molecule has 1 aliphatic carbocycles. The van der Waals surface area contributed by atoms with E-state index in [0.29, 0.717) is 18.5 Å². The number of carboxylic acids is 1. The average molecular weight is 284 g/mol. The molecule has 16 heavy (non-hydrogen) atoms. The van der Waals surface area contributed by atoms with Crippen molar-refractivity contribution in [3.8, 4) is 0 Å². The molecule has 3 N–H and O–H groups in total. The van der Waals surface area contributed by atoms with Gasteiger partial charge in [0, 0.05) is 10.2 Å². The number of anilines is 1. The summed E-state index contributed by atoms with van der Waals surface area (Å²) in [7, 11) is 0. The lowest BCUT2D eigenvalue weighted by Gasteiger charge is -2.26. The molecular formula is C12H14BrNO2.